The molecular weight excluding hydrogens is 651 g/mol. The molecule has 0 aromatic heterocycles. The maximum Gasteiger partial charge on any atom is 0.0713 e. The van der Waals surface area contributed by atoms with Gasteiger partial charge in [0.1, 0.15) is 0 Å². The van der Waals surface area contributed by atoms with Crippen molar-refractivity contribution in [3.8, 4) is 33.4 Å². The Balaban J connectivity index is 1.09. The molecule has 0 saturated carbocycles. The van der Waals surface area contributed by atoms with Crippen molar-refractivity contribution in [3.05, 3.63) is 247 Å². The molecule has 9 aromatic rings. The summed E-state index contributed by atoms with van der Waals surface area (Å²) in [6, 6.07) is 81.9. The van der Waals surface area contributed by atoms with Crippen LogP contribution >= 0.6 is 0 Å². The Morgan fingerprint density at radius 2 is 0.833 bits per heavy atom. The van der Waals surface area contributed by atoms with E-state index in [1.807, 2.05) is 0 Å². The Morgan fingerprint density at radius 3 is 1.59 bits per heavy atom. The number of benzene rings is 9. The van der Waals surface area contributed by atoms with E-state index in [0.717, 1.165) is 17.1 Å². The largest absolute Gasteiger partial charge is 0.310 e. The second-order valence-corrected chi connectivity index (χ2v) is 14.1. The van der Waals surface area contributed by atoms with Crippen molar-refractivity contribution < 1.29 is 0 Å². The molecule has 0 saturated heterocycles. The molecule has 0 heterocycles. The van der Waals surface area contributed by atoms with Crippen molar-refractivity contribution in [2.45, 2.75) is 5.41 Å². The molecule has 0 atom stereocenters. The first-order valence-electron chi connectivity index (χ1n) is 18.7. The van der Waals surface area contributed by atoms with E-state index in [9.17, 15) is 0 Å². The van der Waals surface area contributed by atoms with E-state index >= 15 is 0 Å². The fourth-order valence-electron chi connectivity index (χ4n) is 8.74. The molecule has 54 heavy (non-hydrogen) atoms. The molecule has 1 aliphatic rings. The van der Waals surface area contributed by atoms with Gasteiger partial charge in [0.15, 0.2) is 0 Å². The highest BCUT2D eigenvalue weighted by atomic mass is 15.1. The first kappa shape index (κ1) is 31.7. The van der Waals surface area contributed by atoms with E-state index in [1.165, 1.54) is 66.4 Å². The fourth-order valence-corrected chi connectivity index (χ4v) is 8.74. The van der Waals surface area contributed by atoms with Gasteiger partial charge in [-0.2, -0.15) is 0 Å². The Labute approximate surface area is 317 Å². The third kappa shape index (κ3) is 5.17. The average molecular weight is 688 g/mol. The summed E-state index contributed by atoms with van der Waals surface area (Å²) >= 11 is 0. The number of nitrogens with zero attached hydrogens (tertiary/aromatic N) is 1. The SMILES string of the molecule is c1ccc(N(c2ccc(-c3ccc4c(c3)C(c3ccccc3)(c3ccccc3)c3ccccc3-4)cc2)c2cccc(-c3cccc4ccccc34)c2)cc1. The van der Waals surface area contributed by atoms with Crippen LogP contribution in [0.3, 0.4) is 0 Å². The molecule has 1 aliphatic carbocycles. The lowest BCUT2D eigenvalue weighted by atomic mass is 9.67. The molecule has 0 radical (unpaired) electrons. The van der Waals surface area contributed by atoms with Crippen molar-refractivity contribution in [3.63, 3.8) is 0 Å². The maximum absolute atomic E-state index is 2.44. The summed E-state index contributed by atoms with van der Waals surface area (Å²) < 4.78 is 0. The summed E-state index contributed by atoms with van der Waals surface area (Å²) in [5.74, 6) is 0. The van der Waals surface area contributed by atoms with Gasteiger partial charge in [0.25, 0.3) is 0 Å². The topological polar surface area (TPSA) is 3.24 Å². The third-order valence-corrected chi connectivity index (χ3v) is 11.1. The Kier molecular flexibility index (Phi) is 7.78. The summed E-state index contributed by atoms with van der Waals surface area (Å²) in [5.41, 5.74) is 15.5. The highest BCUT2D eigenvalue weighted by Gasteiger charge is 2.46. The summed E-state index contributed by atoms with van der Waals surface area (Å²) in [6.45, 7) is 0. The second kappa shape index (κ2) is 13.2. The number of hydrogen-bond donors (Lipinski definition) is 0. The van der Waals surface area contributed by atoms with Crippen LogP contribution in [0.15, 0.2) is 224 Å². The van der Waals surface area contributed by atoms with Gasteiger partial charge in [-0.3, -0.25) is 0 Å². The number of fused-ring (bicyclic) bond motifs is 4. The van der Waals surface area contributed by atoms with Crippen LogP contribution in [0, 0.1) is 0 Å². The molecule has 9 aromatic carbocycles. The zero-order chi connectivity index (χ0) is 35.9. The van der Waals surface area contributed by atoms with Crippen LogP contribution in [0.2, 0.25) is 0 Å². The van der Waals surface area contributed by atoms with Gasteiger partial charge in [-0.1, -0.05) is 182 Å². The predicted molar refractivity (Wildman–Crippen MR) is 227 cm³/mol. The average Bonchev–Trinajstić information content (AvgIpc) is 3.55. The number of hydrogen-bond acceptors (Lipinski definition) is 1. The van der Waals surface area contributed by atoms with Gasteiger partial charge in [-0.05, 0) is 109 Å². The van der Waals surface area contributed by atoms with E-state index in [-0.39, 0.29) is 0 Å². The van der Waals surface area contributed by atoms with E-state index in [1.54, 1.807) is 0 Å². The van der Waals surface area contributed by atoms with Crippen LogP contribution in [0.5, 0.6) is 0 Å². The Morgan fingerprint density at radius 1 is 0.296 bits per heavy atom. The smallest absolute Gasteiger partial charge is 0.0713 e. The van der Waals surface area contributed by atoms with Crippen molar-refractivity contribution in [2.75, 3.05) is 4.90 Å². The maximum atomic E-state index is 2.44. The van der Waals surface area contributed by atoms with Crippen LogP contribution in [0.1, 0.15) is 22.3 Å². The molecule has 1 nitrogen and oxygen atoms in total. The highest BCUT2D eigenvalue weighted by molar-refractivity contribution is 5.97. The lowest BCUT2D eigenvalue weighted by Gasteiger charge is -2.34. The van der Waals surface area contributed by atoms with Crippen molar-refractivity contribution in [1.29, 1.82) is 0 Å². The normalized spacial score (nSPS) is 12.6. The number of para-hydroxylation sites is 1. The zero-order valence-electron chi connectivity index (χ0n) is 29.8. The molecule has 0 bridgehead atoms. The Hall–Kier alpha value is -6.96. The van der Waals surface area contributed by atoms with E-state index in [0.29, 0.717) is 0 Å². The first-order valence-corrected chi connectivity index (χ1v) is 18.7. The Bertz CT molecular complexity index is 2700. The van der Waals surface area contributed by atoms with Gasteiger partial charge in [-0.15, -0.1) is 0 Å². The van der Waals surface area contributed by atoms with Crippen LogP contribution in [0.25, 0.3) is 44.2 Å². The second-order valence-electron chi connectivity index (χ2n) is 14.1. The van der Waals surface area contributed by atoms with Crippen LogP contribution in [-0.2, 0) is 5.41 Å². The van der Waals surface area contributed by atoms with Gasteiger partial charge in [-0.25, -0.2) is 0 Å². The number of rotatable bonds is 7. The number of anilines is 3. The van der Waals surface area contributed by atoms with E-state index in [4.69, 9.17) is 0 Å². The van der Waals surface area contributed by atoms with Crippen molar-refractivity contribution in [1.82, 2.24) is 0 Å². The molecule has 10 rings (SSSR count). The predicted octanol–water partition coefficient (Wildman–Crippen LogP) is 14.0. The first-order chi connectivity index (χ1) is 26.8. The molecule has 1 heteroatoms. The molecular formula is C53H37N. The van der Waals surface area contributed by atoms with Crippen molar-refractivity contribution >= 4 is 27.8 Å². The minimum atomic E-state index is -0.427. The standard InChI is InChI=1S/C53H37N/c1-4-19-42(20-5-1)53(43-21-6-2-7-22-43)51-29-13-12-27-49(51)50-35-32-40(37-52(50)53)38-30-33-45(34-31-38)54(44-23-8-3-9-24-44)46-25-14-18-41(36-46)48-28-15-17-39-16-10-11-26-47(39)48/h1-37H. The monoisotopic (exact) mass is 687 g/mol. The summed E-state index contributed by atoms with van der Waals surface area (Å²) in [7, 11) is 0. The minimum absolute atomic E-state index is 0.427. The molecule has 254 valence electrons. The van der Waals surface area contributed by atoms with Gasteiger partial charge in [0, 0.05) is 17.1 Å². The third-order valence-electron chi connectivity index (χ3n) is 11.1. The molecule has 0 N–H and O–H groups in total. The molecule has 0 amide bonds. The quantitative estimate of drug-likeness (QED) is 0.161. The van der Waals surface area contributed by atoms with E-state index in [2.05, 4.69) is 229 Å². The van der Waals surface area contributed by atoms with Gasteiger partial charge < -0.3 is 4.90 Å². The van der Waals surface area contributed by atoms with Crippen molar-refractivity contribution in [2.24, 2.45) is 0 Å². The molecule has 0 fully saturated rings. The zero-order valence-corrected chi connectivity index (χ0v) is 29.8. The summed E-state index contributed by atoms with van der Waals surface area (Å²) in [4.78, 5) is 2.35. The van der Waals surface area contributed by atoms with Gasteiger partial charge in [0.2, 0.25) is 0 Å². The lowest BCUT2D eigenvalue weighted by molar-refractivity contribution is 0.769. The van der Waals surface area contributed by atoms with E-state index < -0.39 is 5.41 Å². The van der Waals surface area contributed by atoms with Crippen LogP contribution < -0.4 is 4.90 Å². The highest BCUT2D eigenvalue weighted by Crippen LogP contribution is 2.56. The van der Waals surface area contributed by atoms with Gasteiger partial charge in [0.05, 0.1) is 5.41 Å². The summed E-state index contributed by atoms with van der Waals surface area (Å²) in [6.07, 6.45) is 0. The molecule has 0 aliphatic heterocycles. The van der Waals surface area contributed by atoms with Gasteiger partial charge >= 0.3 is 0 Å². The summed E-state index contributed by atoms with van der Waals surface area (Å²) in [5, 5.41) is 2.50. The van der Waals surface area contributed by atoms with Crippen LogP contribution in [0.4, 0.5) is 17.1 Å². The minimum Gasteiger partial charge on any atom is -0.310 e. The molecule has 0 spiro atoms. The molecule has 0 unspecified atom stereocenters. The lowest BCUT2D eigenvalue weighted by Crippen LogP contribution is -2.28. The van der Waals surface area contributed by atoms with Crippen LogP contribution in [-0.4, -0.2) is 0 Å². The fraction of sp³-hybridized carbons (Fsp3) is 0.0189.